The number of hydrogen-bond acceptors (Lipinski definition) is 9. The van der Waals surface area contributed by atoms with Crippen LogP contribution in [0, 0.1) is 0 Å². The number of carbonyl (C=O) groups excluding carboxylic acids is 1. The second-order valence-corrected chi connectivity index (χ2v) is 8.69. The van der Waals surface area contributed by atoms with Crippen molar-refractivity contribution in [3.63, 3.8) is 0 Å². The highest BCUT2D eigenvalue weighted by molar-refractivity contribution is 5.73. The second kappa shape index (κ2) is 10.6. The molecule has 2 aromatic rings. The first-order valence-electron chi connectivity index (χ1n) is 11.4. The molecular formula is C23H32N8O2. The molecular weight excluding hydrogens is 420 g/mol. The SMILES string of the molecule is CN1CCC(N2CCC(NC(=O)Oc3ccccc3N=Nc3ccc(N)nc3N)CC2)CC1. The van der Waals surface area contributed by atoms with Gasteiger partial charge in [0, 0.05) is 25.2 Å². The van der Waals surface area contributed by atoms with Gasteiger partial charge in [0.1, 0.15) is 17.2 Å². The lowest BCUT2D eigenvalue weighted by Crippen LogP contribution is -2.51. The number of aromatic nitrogens is 1. The molecule has 2 aliphatic heterocycles. The van der Waals surface area contributed by atoms with Crippen molar-refractivity contribution in [2.75, 3.05) is 44.7 Å². The summed E-state index contributed by atoms with van der Waals surface area (Å²) in [6.07, 6.45) is 3.81. The van der Waals surface area contributed by atoms with Gasteiger partial charge in [0.05, 0.1) is 0 Å². The van der Waals surface area contributed by atoms with Crippen LogP contribution in [0.3, 0.4) is 0 Å². The number of amides is 1. The quantitative estimate of drug-likeness (QED) is 0.592. The summed E-state index contributed by atoms with van der Waals surface area (Å²) < 4.78 is 5.55. The number of hydrogen-bond donors (Lipinski definition) is 3. The number of carbonyl (C=O) groups is 1. The minimum atomic E-state index is -0.482. The molecule has 2 saturated heterocycles. The van der Waals surface area contributed by atoms with Crippen molar-refractivity contribution < 1.29 is 9.53 Å². The van der Waals surface area contributed by atoms with Crippen LogP contribution in [0.4, 0.5) is 27.8 Å². The van der Waals surface area contributed by atoms with Gasteiger partial charge in [-0.25, -0.2) is 9.78 Å². The normalized spacial score (nSPS) is 19.1. The van der Waals surface area contributed by atoms with Crippen LogP contribution in [0.2, 0.25) is 0 Å². The molecule has 2 aliphatic rings. The fourth-order valence-electron chi connectivity index (χ4n) is 4.37. The molecule has 4 rings (SSSR count). The van der Waals surface area contributed by atoms with E-state index in [1.165, 1.54) is 12.8 Å². The minimum Gasteiger partial charge on any atom is -0.408 e. The Kier molecular flexibility index (Phi) is 7.36. The maximum Gasteiger partial charge on any atom is 0.412 e. The summed E-state index contributed by atoms with van der Waals surface area (Å²) in [5.74, 6) is 0.815. The Morgan fingerprint density at radius 1 is 1.00 bits per heavy atom. The average molecular weight is 453 g/mol. The van der Waals surface area contributed by atoms with Gasteiger partial charge in [-0.05, 0) is 70.1 Å². The van der Waals surface area contributed by atoms with Crippen LogP contribution < -0.4 is 21.5 Å². The number of nitrogens with two attached hydrogens (primary N) is 2. The zero-order valence-corrected chi connectivity index (χ0v) is 19.0. The van der Waals surface area contributed by atoms with Crippen molar-refractivity contribution in [1.82, 2.24) is 20.1 Å². The van der Waals surface area contributed by atoms with Gasteiger partial charge in [-0.3, -0.25) is 0 Å². The van der Waals surface area contributed by atoms with E-state index in [-0.39, 0.29) is 11.9 Å². The summed E-state index contributed by atoms with van der Waals surface area (Å²) in [6.45, 7) is 4.32. The predicted octanol–water partition coefficient (Wildman–Crippen LogP) is 3.31. The number of ether oxygens (including phenoxy) is 1. The van der Waals surface area contributed by atoms with Gasteiger partial charge >= 0.3 is 6.09 Å². The van der Waals surface area contributed by atoms with Crippen molar-refractivity contribution in [2.24, 2.45) is 10.2 Å². The first-order valence-corrected chi connectivity index (χ1v) is 11.4. The van der Waals surface area contributed by atoms with E-state index in [4.69, 9.17) is 16.2 Å². The van der Waals surface area contributed by atoms with Gasteiger partial charge in [-0.1, -0.05) is 12.1 Å². The molecule has 0 spiro atoms. The fraction of sp³-hybridized carbons (Fsp3) is 0.478. The Bertz CT molecular complexity index is 982. The van der Waals surface area contributed by atoms with Crippen LogP contribution in [0.15, 0.2) is 46.6 Å². The number of likely N-dealkylation sites (tertiary alicyclic amines) is 2. The number of nitrogen functional groups attached to an aromatic ring is 2. The van der Waals surface area contributed by atoms with E-state index in [9.17, 15) is 4.79 Å². The maximum atomic E-state index is 12.5. The molecule has 176 valence electrons. The standard InChI is InChI=1S/C23H32N8O2/c1-30-12-10-17(11-13-30)31-14-8-16(9-15-31)26-23(32)33-20-5-3-2-4-18(20)28-29-19-6-7-21(24)27-22(19)25/h2-7,16-17H,8-15H2,1H3,(H,26,32)(H4,24,25,27). The third kappa shape index (κ3) is 6.17. The first kappa shape index (κ1) is 22.9. The van der Waals surface area contributed by atoms with Crippen LogP contribution in [-0.4, -0.2) is 66.2 Å². The molecule has 10 nitrogen and oxygen atoms in total. The molecule has 0 radical (unpaired) electrons. The van der Waals surface area contributed by atoms with Crippen molar-refractivity contribution in [2.45, 2.75) is 37.8 Å². The second-order valence-electron chi connectivity index (χ2n) is 8.69. The van der Waals surface area contributed by atoms with Crippen LogP contribution in [0.25, 0.3) is 0 Å². The summed E-state index contributed by atoms with van der Waals surface area (Å²) in [6, 6.07) is 11.0. The number of pyridine rings is 1. The average Bonchev–Trinajstić information content (AvgIpc) is 2.80. The number of benzene rings is 1. The van der Waals surface area contributed by atoms with Crippen LogP contribution in [0.1, 0.15) is 25.7 Å². The molecule has 2 fully saturated rings. The fourth-order valence-corrected chi connectivity index (χ4v) is 4.37. The van der Waals surface area contributed by atoms with Gasteiger partial charge in [0.15, 0.2) is 11.6 Å². The summed E-state index contributed by atoms with van der Waals surface area (Å²) in [5.41, 5.74) is 12.2. The number of anilines is 2. The summed E-state index contributed by atoms with van der Waals surface area (Å²) >= 11 is 0. The number of azo groups is 1. The van der Waals surface area contributed by atoms with E-state index in [2.05, 4.69) is 37.4 Å². The third-order valence-corrected chi connectivity index (χ3v) is 6.31. The number of piperidine rings is 2. The lowest BCUT2D eigenvalue weighted by Gasteiger charge is -2.41. The van der Waals surface area contributed by atoms with Crippen molar-refractivity contribution >= 4 is 29.1 Å². The van der Waals surface area contributed by atoms with Crippen molar-refractivity contribution in [3.05, 3.63) is 36.4 Å². The van der Waals surface area contributed by atoms with Crippen LogP contribution >= 0.6 is 0 Å². The Balaban J connectivity index is 1.30. The predicted molar refractivity (Wildman–Crippen MR) is 128 cm³/mol. The van der Waals surface area contributed by atoms with Crippen LogP contribution in [-0.2, 0) is 0 Å². The molecule has 0 atom stereocenters. The molecule has 1 amide bonds. The minimum absolute atomic E-state index is 0.106. The summed E-state index contributed by atoms with van der Waals surface area (Å²) in [7, 11) is 2.18. The maximum absolute atomic E-state index is 12.5. The number of para-hydroxylation sites is 1. The Morgan fingerprint density at radius 3 is 2.42 bits per heavy atom. The van der Waals surface area contributed by atoms with E-state index in [0.717, 1.165) is 39.0 Å². The van der Waals surface area contributed by atoms with E-state index in [1.54, 1.807) is 36.4 Å². The van der Waals surface area contributed by atoms with E-state index < -0.39 is 6.09 Å². The van der Waals surface area contributed by atoms with Gasteiger partial charge in [0.25, 0.3) is 0 Å². The smallest absolute Gasteiger partial charge is 0.408 e. The molecule has 10 heteroatoms. The Labute approximate surface area is 194 Å². The molecule has 0 bridgehead atoms. The van der Waals surface area contributed by atoms with Gasteiger partial charge in [-0.2, -0.15) is 0 Å². The third-order valence-electron chi connectivity index (χ3n) is 6.31. The van der Waals surface area contributed by atoms with Gasteiger partial charge < -0.3 is 31.3 Å². The molecule has 0 unspecified atom stereocenters. The molecule has 33 heavy (non-hydrogen) atoms. The number of rotatable bonds is 5. The highest BCUT2D eigenvalue weighted by atomic mass is 16.6. The Morgan fingerprint density at radius 2 is 1.70 bits per heavy atom. The van der Waals surface area contributed by atoms with E-state index in [0.29, 0.717) is 29.0 Å². The number of nitrogens with zero attached hydrogens (tertiary/aromatic N) is 5. The zero-order chi connectivity index (χ0) is 23.2. The monoisotopic (exact) mass is 452 g/mol. The molecule has 1 aromatic heterocycles. The van der Waals surface area contributed by atoms with E-state index >= 15 is 0 Å². The summed E-state index contributed by atoms with van der Waals surface area (Å²) in [5, 5.41) is 11.3. The van der Waals surface area contributed by atoms with Crippen molar-refractivity contribution in [3.8, 4) is 5.75 Å². The zero-order valence-electron chi connectivity index (χ0n) is 19.0. The highest BCUT2D eigenvalue weighted by Crippen LogP contribution is 2.30. The van der Waals surface area contributed by atoms with Gasteiger partial charge in [-0.15, -0.1) is 10.2 Å². The first-order chi connectivity index (χ1) is 16.0. The molecule has 0 aliphatic carbocycles. The molecule has 5 N–H and O–H groups in total. The number of nitrogens with one attached hydrogen (secondary N) is 1. The largest absolute Gasteiger partial charge is 0.412 e. The molecule has 0 saturated carbocycles. The highest BCUT2D eigenvalue weighted by Gasteiger charge is 2.28. The van der Waals surface area contributed by atoms with Crippen LogP contribution in [0.5, 0.6) is 5.75 Å². The van der Waals surface area contributed by atoms with Gasteiger partial charge in [0.2, 0.25) is 0 Å². The van der Waals surface area contributed by atoms with Crippen molar-refractivity contribution in [1.29, 1.82) is 0 Å². The lowest BCUT2D eigenvalue weighted by molar-refractivity contribution is 0.0918. The lowest BCUT2D eigenvalue weighted by atomic mass is 9.98. The Hall–Kier alpha value is -3.24. The topological polar surface area (TPSA) is 134 Å². The molecule has 1 aromatic carbocycles. The van der Waals surface area contributed by atoms with E-state index in [1.807, 2.05) is 0 Å². The summed E-state index contributed by atoms with van der Waals surface area (Å²) in [4.78, 5) is 21.5. The molecule has 3 heterocycles.